The molecule has 18 heavy (non-hydrogen) atoms. The Balaban J connectivity index is 1.97. The van der Waals surface area contributed by atoms with Crippen molar-refractivity contribution < 1.29 is 14.7 Å². The van der Waals surface area contributed by atoms with Gasteiger partial charge in [-0.25, -0.2) is 9.78 Å². The van der Waals surface area contributed by atoms with Crippen LogP contribution in [0.25, 0.3) is 0 Å². The van der Waals surface area contributed by atoms with Crippen molar-refractivity contribution in [3.63, 3.8) is 0 Å². The van der Waals surface area contributed by atoms with Gasteiger partial charge in [-0.1, -0.05) is 30.6 Å². The molecule has 0 unspecified atom stereocenters. The van der Waals surface area contributed by atoms with Gasteiger partial charge < -0.3 is 10.4 Å². The summed E-state index contributed by atoms with van der Waals surface area (Å²) in [7, 11) is 0. The predicted octanol–water partition coefficient (Wildman–Crippen LogP) is 2.65. The third-order valence-corrected chi connectivity index (χ3v) is 4.32. The Morgan fingerprint density at radius 3 is 2.67 bits per heavy atom. The van der Waals surface area contributed by atoms with Crippen molar-refractivity contribution in [1.29, 1.82) is 0 Å². The minimum atomic E-state index is -1.15. The first kappa shape index (κ1) is 13.0. The van der Waals surface area contributed by atoms with E-state index in [1.165, 1.54) is 26.2 Å². The van der Waals surface area contributed by atoms with Crippen LogP contribution in [0.3, 0.4) is 0 Å². The van der Waals surface area contributed by atoms with E-state index >= 15 is 0 Å². The molecular weight excluding hydrogens is 252 g/mol. The van der Waals surface area contributed by atoms with Gasteiger partial charge in [0, 0.05) is 13.5 Å². The van der Waals surface area contributed by atoms with Crippen molar-refractivity contribution in [2.75, 3.05) is 11.9 Å². The molecule has 0 atom stereocenters. The van der Waals surface area contributed by atoms with E-state index in [1.54, 1.807) is 0 Å². The fourth-order valence-electron chi connectivity index (χ4n) is 1.94. The number of Topliss-reactive ketones (excluding diaryl/α,β-unsaturated/α-hetero) is 1. The first-order chi connectivity index (χ1) is 8.58. The largest absolute Gasteiger partial charge is 0.476 e. The van der Waals surface area contributed by atoms with Crippen molar-refractivity contribution in [3.05, 3.63) is 10.6 Å². The monoisotopic (exact) mass is 268 g/mol. The van der Waals surface area contributed by atoms with E-state index in [4.69, 9.17) is 5.11 Å². The van der Waals surface area contributed by atoms with Crippen molar-refractivity contribution in [1.82, 2.24) is 4.98 Å². The van der Waals surface area contributed by atoms with Crippen LogP contribution in [-0.4, -0.2) is 28.4 Å². The number of hydrogen-bond acceptors (Lipinski definition) is 5. The zero-order valence-corrected chi connectivity index (χ0v) is 11.0. The number of anilines is 1. The Morgan fingerprint density at radius 1 is 1.50 bits per heavy atom. The molecule has 0 aliphatic heterocycles. The second-order valence-corrected chi connectivity index (χ2v) is 5.57. The van der Waals surface area contributed by atoms with E-state index in [0.29, 0.717) is 5.13 Å². The van der Waals surface area contributed by atoms with E-state index in [9.17, 15) is 9.59 Å². The topological polar surface area (TPSA) is 79.3 Å². The van der Waals surface area contributed by atoms with Crippen LogP contribution in [0.15, 0.2) is 0 Å². The molecule has 0 aromatic carbocycles. The molecule has 1 aromatic heterocycles. The number of nitrogens with one attached hydrogen (secondary N) is 1. The lowest BCUT2D eigenvalue weighted by molar-refractivity contribution is 0.0687. The lowest BCUT2D eigenvalue weighted by Crippen LogP contribution is -2.15. The van der Waals surface area contributed by atoms with Gasteiger partial charge in [-0.15, -0.1) is 0 Å². The summed E-state index contributed by atoms with van der Waals surface area (Å²) in [6, 6.07) is 0. The third-order valence-electron chi connectivity index (χ3n) is 3.20. The first-order valence-electron chi connectivity index (χ1n) is 6.07. The normalized spacial score (nSPS) is 15.2. The predicted molar refractivity (Wildman–Crippen MR) is 69.5 cm³/mol. The molecule has 1 fully saturated rings. The molecule has 5 nitrogen and oxygen atoms in total. The van der Waals surface area contributed by atoms with Gasteiger partial charge in [0.15, 0.2) is 16.6 Å². The maximum Gasteiger partial charge on any atom is 0.356 e. The van der Waals surface area contributed by atoms with Crippen molar-refractivity contribution in [2.24, 2.45) is 5.92 Å². The summed E-state index contributed by atoms with van der Waals surface area (Å²) in [6.07, 6.45) is 4.98. The Kier molecular flexibility index (Phi) is 3.96. The number of carboxylic acid groups (broad SMARTS) is 1. The van der Waals surface area contributed by atoms with Gasteiger partial charge in [-0.05, 0) is 12.3 Å². The fraction of sp³-hybridized carbons (Fsp3) is 0.583. The molecule has 0 spiro atoms. The number of thiazole rings is 1. The van der Waals surface area contributed by atoms with Crippen LogP contribution in [0.2, 0.25) is 0 Å². The molecule has 6 heteroatoms. The molecular formula is C12H16N2O3S. The van der Waals surface area contributed by atoms with Crippen LogP contribution in [0.4, 0.5) is 5.13 Å². The van der Waals surface area contributed by atoms with Gasteiger partial charge in [-0.3, -0.25) is 4.79 Å². The molecule has 1 heterocycles. The van der Waals surface area contributed by atoms with Crippen LogP contribution in [0, 0.1) is 5.92 Å². The second-order valence-electron chi connectivity index (χ2n) is 4.57. The highest BCUT2D eigenvalue weighted by molar-refractivity contribution is 7.17. The first-order valence-corrected chi connectivity index (χ1v) is 6.88. The van der Waals surface area contributed by atoms with Crippen LogP contribution in [0.1, 0.15) is 52.8 Å². The van der Waals surface area contributed by atoms with E-state index < -0.39 is 5.97 Å². The van der Waals surface area contributed by atoms with Crippen LogP contribution < -0.4 is 5.32 Å². The summed E-state index contributed by atoms with van der Waals surface area (Å²) in [5.74, 6) is -0.607. The maximum atomic E-state index is 11.3. The van der Waals surface area contributed by atoms with Crippen LogP contribution in [-0.2, 0) is 0 Å². The Bertz CT molecular complexity index is 434. The number of carboxylic acids is 1. The smallest absolute Gasteiger partial charge is 0.356 e. The van der Waals surface area contributed by atoms with Gasteiger partial charge in [0.2, 0.25) is 0 Å². The van der Waals surface area contributed by atoms with E-state index in [2.05, 4.69) is 10.3 Å². The summed E-state index contributed by atoms with van der Waals surface area (Å²) in [5, 5.41) is 12.6. The summed E-state index contributed by atoms with van der Waals surface area (Å²) in [6.45, 7) is 2.15. The van der Waals surface area contributed by atoms with E-state index in [-0.39, 0.29) is 16.4 Å². The second kappa shape index (κ2) is 5.48. The standard InChI is InChI=1S/C12H16N2O3S/c1-7(15)10-9(11(16)17)14-12(18-10)13-6-5-8-3-2-4-8/h8H,2-6H2,1H3,(H,13,14)(H,16,17). The van der Waals surface area contributed by atoms with Crippen molar-refractivity contribution in [2.45, 2.75) is 32.6 Å². The number of carbonyl (C=O) groups excluding carboxylic acids is 1. The Labute approximate surface area is 109 Å². The van der Waals surface area contributed by atoms with E-state index in [1.807, 2.05) is 0 Å². The molecule has 0 amide bonds. The number of ketones is 1. The molecule has 1 aliphatic rings. The summed E-state index contributed by atoms with van der Waals surface area (Å²) in [4.78, 5) is 26.4. The zero-order chi connectivity index (χ0) is 13.1. The maximum absolute atomic E-state index is 11.3. The van der Waals surface area contributed by atoms with E-state index in [0.717, 1.165) is 30.2 Å². The van der Waals surface area contributed by atoms with Crippen molar-refractivity contribution >= 4 is 28.2 Å². The number of rotatable bonds is 6. The van der Waals surface area contributed by atoms with Gasteiger partial charge >= 0.3 is 5.97 Å². The van der Waals surface area contributed by atoms with Gasteiger partial charge in [0.05, 0.1) is 0 Å². The average Bonchev–Trinajstić information content (AvgIpc) is 2.66. The lowest BCUT2D eigenvalue weighted by atomic mass is 9.83. The molecule has 2 rings (SSSR count). The molecule has 1 aliphatic carbocycles. The molecule has 98 valence electrons. The fourth-order valence-corrected chi connectivity index (χ4v) is 2.82. The number of hydrogen-bond donors (Lipinski definition) is 2. The van der Waals surface area contributed by atoms with Crippen LogP contribution in [0.5, 0.6) is 0 Å². The Morgan fingerprint density at radius 2 is 2.22 bits per heavy atom. The summed E-state index contributed by atoms with van der Waals surface area (Å²) in [5.41, 5.74) is -0.140. The minimum absolute atomic E-state index is 0.140. The van der Waals surface area contributed by atoms with Gasteiger partial charge in [-0.2, -0.15) is 0 Å². The minimum Gasteiger partial charge on any atom is -0.476 e. The quantitative estimate of drug-likeness (QED) is 0.775. The van der Waals surface area contributed by atoms with Gasteiger partial charge in [0.1, 0.15) is 4.88 Å². The van der Waals surface area contributed by atoms with Gasteiger partial charge in [0.25, 0.3) is 0 Å². The number of carbonyl (C=O) groups is 2. The highest BCUT2D eigenvalue weighted by atomic mass is 32.1. The number of aromatic nitrogens is 1. The van der Waals surface area contributed by atoms with Crippen molar-refractivity contribution in [3.8, 4) is 0 Å². The summed E-state index contributed by atoms with van der Waals surface area (Å²) >= 11 is 1.12. The lowest BCUT2D eigenvalue weighted by Gasteiger charge is -2.24. The SMILES string of the molecule is CC(=O)c1sc(NCCC2CCC2)nc1C(=O)O. The molecule has 1 aromatic rings. The highest BCUT2D eigenvalue weighted by Gasteiger charge is 2.21. The third kappa shape index (κ3) is 2.87. The summed E-state index contributed by atoms with van der Waals surface area (Å²) < 4.78 is 0. The zero-order valence-electron chi connectivity index (χ0n) is 10.2. The molecule has 0 saturated heterocycles. The number of aromatic carboxylic acids is 1. The number of nitrogens with zero attached hydrogens (tertiary/aromatic N) is 1. The highest BCUT2D eigenvalue weighted by Crippen LogP contribution is 2.29. The molecule has 1 saturated carbocycles. The average molecular weight is 268 g/mol. The molecule has 0 bridgehead atoms. The molecule has 2 N–H and O–H groups in total. The molecule has 0 radical (unpaired) electrons. The Hall–Kier alpha value is -1.43. The van der Waals surface area contributed by atoms with Crippen LogP contribution >= 0.6 is 11.3 Å².